The molecule has 1 heterocycles. The summed E-state index contributed by atoms with van der Waals surface area (Å²) in [4.78, 5) is 4.29. The molecule has 0 spiro atoms. The molecule has 0 aliphatic heterocycles. The smallest absolute Gasteiger partial charge is 0.297 e. The summed E-state index contributed by atoms with van der Waals surface area (Å²) < 4.78 is 27.5. The number of aryl methyl sites for hydroxylation is 1. The first-order valence-corrected chi connectivity index (χ1v) is 8.13. The highest BCUT2D eigenvalue weighted by molar-refractivity contribution is 6.33. The summed E-state index contributed by atoms with van der Waals surface area (Å²) >= 11 is 6.01. The SMILES string of the molecule is CCOc1cc2c(nc(OC3CCCCC3)n2C)c(F)c1Cl. The Bertz CT molecular complexity index is 681. The second kappa shape index (κ2) is 6.32. The van der Waals surface area contributed by atoms with E-state index in [-0.39, 0.29) is 16.6 Å². The van der Waals surface area contributed by atoms with Crippen LogP contribution in [0.5, 0.6) is 11.8 Å². The summed E-state index contributed by atoms with van der Waals surface area (Å²) in [5.41, 5.74) is 0.845. The van der Waals surface area contributed by atoms with Crippen LogP contribution in [-0.4, -0.2) is 22.3 Å². The second-order valence-electron chi connectivity index (χ2n) is 5.63. The fourth-order valence-electron chi connectivity index (χ4n) is 2.91. The molecular weight excluding hydrogens is 307 g/mol. The number of benzene rings is 1. The zero-order valence-corrected chi connectivity index (χ0v) is 13.6. The number of aromatic nitrogens is 2. The van der Waals surface area contributed by atoms with Crippen LogP contribution in [0.1, 0.15) is 39.0 Å². The van der Waals surface area contributed by atoms with Crippen LogP contribution in [0.3, 0.4) is 0 Å². The van der Waals surface area contributed by atoms with Gasteiger partial charge in [-0.3, -0.25) is 4.57 Å². The van der Waals surface area contributed by atoms with E-state index >= 15 is 0 Å². The van der Waals surface area contributed by atoms with E-state index in [9.17, 15) is 4.39 Å². The van der Waals surface area contributed by atoms with Gasteiger partial charge >= 0.3 is 0 Å². The van der Waals surface area contributed by atoms with E-state index in [0.717, 1.165) is 12.8 Å². The maximum Gasteiger partial charge on any atom is 0.297 e. The van der Waals surface area contributed by atoms with Gasteiger partial charge in [0, 0.05) is 13.1 Å². The Kier molecular flexibility index (Phi) is 4.43. The zero-order chi connectivity index (χ0) is 15.7. The number of ether oxygens (including phenoxy) is 2. The standard InChI is InChI=1S/C16H20ClFN2O2/c1-3-21-12-9-11-15(14(18)13(12)17)19-16(20(11)2)22-10-7-5-4-6-8-10/h9-10H,3-8H2,1-2H3. The van der Waals surface area contributed by atoms with Crippen LogP contribution >= 0.6 is 11.6 Å². The maximum atomic E-state index is 14.4. The number of hydrogen-bond acceptors (Lipinski definition) is 3. The Morgan fingerprint density at radius 1 is 1.36 bits per heavy atom. The van der Waals surface area contributed by atoms with Gasteiger partial charge in [0.15, 0.2) is 5.82 Å². The molecule has 1 saturated carbocycles. The summed E-state index contributed by atoms with van der Waals surface area (Å²) in [6.45, 7) is 2.26. The predicted molar refractivity (Wildman–Crippen MR) is 84.4 cm³/mol. The number of hydrogen-bond donors (Lipinski definition) is 0. The third-order valence-corrected chi connectivity index (χ3v) is 4.46. The molecule has 1 aromatic heterocycles. The minimum atomic E-state index is -0.559. The van der Waals surface area contributed by atoms with E-state index in [1.165, 1.54) is 19.3 Å². The van der Waals surface area contributed by atoms with Gasteiger partial charge in [0.2, 0.25) is 0 Å². The Morgan fingerprint density at radius 2 is 2.09 bits per heavy atom. The van der Waals surface area contributed by atoms with E-state index in [4.69, 9.17) is 21.1 Å². The summed E-state index contributed by atoms with van der Waals surface area (Å²) in [6.07, 6.45) is 5.80. The van der Waals surface area contributed by atoms with Gasteiger partial charge in [-0.15, -0.1) is 0 Å². The number of imidazole rings is 1. The first kappa shape index (κ1) is 15.4. The van der Waals surface area contributed by atoms with Crippen molar-refractivity contribution in [2.24, 2.45) is 7.05 Å². The molecule has 0 N–H and O–H groups in total. The van der Waals surface area contributed by atoms with Crippen LogP contribution in [0, 0.1) is 5.82 Å². The second-order valence-corrected chi connectivity index (χ2v) is 6.01. The molecule has 22 heavy (non-hydrogen) atoms. The van der Waals surface area contributed by atoms with E-state index in [0.29, 0.717) is 23.9 Å². The van der Waals surface area contributed by atoms with E-state index in [1.54, 1.807) is 10.6 Å². The van der Waals surface area contributed by atoms with E-state index in [1.807, 2.05) is 14.0 Å². The molecule has 0 amide bonds. The van der Waals surface area contributed by atoms with Gasteiger partial charge in [0.1, 0.15) is 22.4 Å². The predicted octanol–water partition coefficient (Wildman–Crippen LogP) is 4.48. The van der Waals surface area contributed by atoms with Crippen molar-refractivity contribution in [2.45, 2.75) is 45.1 Å². The first-order valence-electron chi connectivity index (χ1n) is 7.75. The third kappa shape index (κ3) is 2.74. The van der Waals surface area contributed by atoms with Gasteiger partial charge in [0.05, 0.1) is 12.1 Å². The largest absolute Gasteiger partial charge is 0.492 e. The summed E-state index contributed by atoms with van der Waals surface area (Å²) in [7, 11) is 1.82. The zero-order valence-electron chi connectivity index (χ0n) is 12.9. The molecule has 3 rings (SSSR count). The minimum Gasteiger partial charge on any atom is -0.492 e. The van der Waals surface area contributed by atoms with Gasteiger partial charge in [-0.25, -0.2) is 4.39 Å². The normalized spacial score (nSPS) is 16.2. The first-order chi connectivity index (χ1) is 10.6. The van der Waals surface area contributed by atoms with Crippen molar-refractivity contribution in [3.8, 4) is 11.8 Å². The number of nitrogens with zero attached hydrogens (tertiary/aromatic N) is 2. The molecule has 2 aromatic rings. The molecule has 6 heteroatoms. The lowest BCUT2D eigenvalue weighted by molar-refractivity contribution is 0.138. The molecular formula is C16H20ClFN2O2. The van der Waals surface area contributed by atoms with Gasteiger partial charge in [-0.1, -0.05) is 18.0 Å². The quantitative estimate of drug-likeness (QED) is 0.831. The van der Waals surface area contributed by atoms with Crippen LogP contribution in [-0.2, 0) is 7.05 Å². The van der Waals surface area contributed by atoms with Crippen molar-refractivity contribution >= 4 is 22.6 Å². The van der Waals surface area contributed by atoms with Crippen molar-refractivity contribution in [2.75, 3.05) is 6.61 Å². The van der Waals surface area contributed by atoms with Crippen LogP contribution in [0.4, 0.5) is 4.39 Å². The van der Waals surface area contributed by atoms with Crippen molar-refractivity contribution < 1.29 is 13.9 Å². The lowest BCUT2D eigenvalue weighted by Crippen LogP contribution is -2.21. The van der Waals surface area contributed by atoms with Crippen LogP contribution in [0.2, 0.25) is 5.02 Å². The third-order valence-electron chi connectivity index (χ3n) is 4.11. The van der Waals surface area contributed by atoms with E-state index < -0.39 is 5.82 Å². The molecule has 1 aliphatic carbocycles. The topological polar surface area (TPSA) is 36.3 Å². The molecule has 0 bridgehead atoms. The van der Waals surface area contributed by atoms with Crippen LogP contribution < -0.4 is 9.47 Å². The molecule has 0 radical (unpaired) electrons. The lowest BCUT2D eigenvalue weighted by atomic mass is 9.98. The van der Waals surface area contributed by atoms with Gasteiger partial charge in [0.25, 0.3) is 6.01 Å². The number of rotatable bonds is 4. The molecule has 120 valence electrons. The monoisotopic (exact) mass is 326 g/mol. The highest BCUT2D eigenvalue weighted by Gasteiger charge is 2.22. The molecule has 1 aromatic carbocycles. The van der Waals surface area contributed by atoms with Crippen molar-refractivity contribution in [3.05, 3.63) is 16.9 Å². The maximum absolute atomic E-state index is 14.4. The fraction of sp³-hybridized carbons (Fsp3) is 0.562. The summed E-state index contributed by atoms with van der Waals surface area (Å²) in [6, 6.07) is 2.15. The van der Waals surface area contributed by atoms with Crippen molar-refractivity contribution in [1.82, 2.24) is 9.55 Å². The molecule has 1 fully saturated rings. The molecule has 0 atom stereocenters. The molecule has 1 aliphatic rings. The summed E-state index contributed by atoms with van der Waals surface area (Å²) in [5.74, 6) is -0.224. The van der Waals surface area contributed by atoms with Crippen molar-refractivity contribution in [1.29, 1.82) is 0 Å². The van der Waals surface area contributed by atoms with Gasteiger partial charge in [-0.2, -0.15) is 4.98 Å². The summed E-state index contributed by atoms with van der Waals surface area (Å²) in [5, 5.41) is -0.0309. The highest BCUT2D eigenvalue weighted by atomic mass is 35.5. The van der Waals surface area contributed by atoms with E-state index in [2.05, 4.69) is 4.98 Å². The molecule has 0 saturated heterocycles. The Morgan fingerprint density at radius 3 is 2.77 bits per heavy atom. The average molecular weight is 327 g/mol. The minimum absolute atomic E-state index is 0.0309. The van der Waals surface area contributed by atoms with Crippen LogP contribution in [0.15, 0.2) is 6.07 Å². The van der Waals surface area contributed by atoms with Crippen LogP contribution in [0.25, 0.3) is 11.0 Å². The Hall–Kier alpha value is -1.49. The lowest BCUT2D eigenvalue weighted by Gasteiger charge is -2.22. The van der Waals surface area contributed by atoms with Gasteiger partial charge in [-0.05, 0) is 32.6 Å². The highest BCUT2D eigenvalue weighted by Crippen LogP contribution is 2.35. The number of halogens is 2. The Balaban J connectivity index is 1.98. The average Bonchev–Trinajstić information content (AvgIpc) is 2.83. The number of fused-ring (bicyclic) bond motifs is 1. The molecule has 0 unspecified atom stereocenters. The van der Waals surface area contributed by atoms with Crippen molar-refractivity contribution in [3.63, 3.8) is 0 Å². The molecule has 4 nitrogen and oxygen atoms in total. The fourth-order valence-corrected chi connectivity index (χ4v) is 3.11. The Labute approximate surface area is 134 Å². The van der Waals surface area contributed by atoms with Gasteiger partial charge < -0.3 is 9.47 Å².